The molecule has 0 aliphatic carbocycles. The van der Waals surface area contributed by atoms with Gasteiger partial charge in [0.15, 0.2) is 0 Å². The molecule has 0 radical (unpaired) electrons. The molecule has 0 aromatic rings. The number of carbonyl (C=O) groups excluding carboxylic acids is 1. The van der Waals surface area contributed by atoms with Crippen LogP contribution in [0.25, 0.3) is 0 Å². The van der Waals surface area contributed by atoms with Crippen molar-refractivity contribution in [2.75, 3.05) is 45.9 Å². The van der Waals surface area contributed by atoms with E-state index in [1.54, 1.807) is 0 Å². The van der Waals surface area contributed by atoms with E-state index in [9.17, 15) is 4.79 Å². The van der Waals surface area contributed by atoms with Gasteiger partial charge in [0.25, 0.3) is 0 Å². The molecule has 5 heteroatoms. The normalized spacial score (nSPS) is 24.2. The molecule has 1 atom stereocenters. The second-order valence-electron chi connectivity index (χ2n) is 5.85. The molecule has 0 bridgehead atoms. The van der Waals surface area contributed by atoms with Gasteiger partial charge in [0.2, 0.25) is 0 Å². The molecule has 2 aliphatic heterocycles. The van der Waals surface area contributed by atoms with Crippen LogP contribution in [-0.2, 0) is 4.74 Å². The summed E-state index contributed by atoms with van der Waals surface area (Å²) in [5.41, 5.74) is 0. The van der Waals surface area contributed by atoms with Crippen molar-refractivity contribution in [1.29, 1.82) is 0 Å². The molecular weight excluding hydrogens is 242 g/mol. The van der Waals surface area contributed by atoms with Crippen molar-refractivity contribution >= 4 is 6.03 Å². The van der Waals surface area contributed by atoms with Crippen LogP contribution in [0.5, 0.6) is 0 Å². The monoisotopic (exact) mass is 269 g/mol. The third-order valence-electron chi connectivity index (χ3n) is 4.29. The predicted octanol–water partition coefficient (Wildman–Crippen LogP) is 1.15. The van der Waals surface area contributed by atoms with Gasteiger partial charge in [0.05, 0.1) is 13.2 Å². The van der Waals surface area contributed by atoms with Crippen LogP contribution in [0.2, 0.25) is 0 Å². The van der Waals surface area contributed by atoms with Crippen molar-refractivity contribution < 1.29 is 9.53 Å². The van der Waals surface area contributed by atoms with Gasteiger partial charge in [0.1, 0.15) is 0 Å². The molecule has 2 rings (SSSR count). The minimum absolute atomic E-state index is 0.104. The molecule has 19 heavy (non-hydrogen) atoms. The zero-order valence-electron chi connectivity index (χ0n) is 12.2. The molecule has 0 saturated carbocycles. The van der Waals surface area contributed by atoms with Gasteiger partial charge in [-0.15, -0.1) is 0 Å². The Balaban J connectivity index is 1.67. The molecule has 2 amide bonds. The molecule has 110 valence electrons. The fourth-order valence-electron chi connectivity index (χ4n) is 2.71. The zero-order valence-corrected chi connectivity index (χ0v) is 12.2. The van der Waals surface area contributed by atoms with Gasteiger partial charge < -0.3 is 15.0 Å². The maximum atomic E-state index is 12.1. The maximum absolute atomic E-state index is 12.1. The molecule has 1 N–H and O–H groups in total. The second kappa shape index (κ2) is 7.10. The molecule has 2 saturated heterocycles. The Hall–Kier alpha value is -0.810. The summed E-state index contributed by atoms with van der Waals surface area (Å²) in [5.74, 6) is 0.760. The van der Waals surface area contributed by atoms with E-state index in [1.165, 1.54) is 0 Å². The highest BCUT2D eigenvalue weighted by molar-refractivity contribution is 5.74. The van der Waals surface area contributed by atoms with Gasteiger partial charge in [0, 0.05) is 38.8 Å². The standard InChI is InChI=1S/C14H27N3O2/c1-12-3-5-17(6-4-12)14(18)15-11-13(2)16-7-9-19-10-8-16/h12-13H,3-11H2,1-2H3,(H,15,18). The summed E-state index contributed by atoms with van der Waals surface area (Å²) in [6, 6.07) is 0.489. The van der Waals surface area contributed by atoms with Crippen molar-refractivity contribution in [2.45, 2.75) is 32.7 Å². The fourth-order valence-corrected chi connectivity index (χ4v) is 2.71. The van der Waals surface area contributed by atoms with E-state index in [1.807, 2.05) is 4.90 Å². The molecule has 0 aromatic carbocycles. The SMILES string of the molecule is CC1CCN(C(=O)NCC(C)N2CCOCC2)CC1. The Bertz CT molecular complexity index is 284. The van der Waals surface area contributed by atoms with Crippen LogP contribution in [0, 0.1) is 5.92 Å². The lowest BCUT2D eigenvalue weighted by atomic mass is 10.00. The maximum Gasteiger partial charge on any atom is 0.317 e. The third-order valence-corrected chi connectivity index (χ3v) is 4.29. The summed E-state index contributed by atoms with van der Waals surface area (Å²) in [6.07, 6.45) is 2.26. The van der Waals surface area contributed by atoms with Crippen molar-refractivity contribution in [3.63, 3.8) is 0 Å². The minimum atomic E-state index is 0.104. The first-order valence-corrected chi connectivity index (χ1v) is 7.51. The third kappa shape index (κ3) is 4.35. The van der Waals surface area contributed by atoms with E-state index in [2.05, 4.69) is 24.1 Å². The van der Waals surface area contributed by atoms with Crippen LogP contribution in [0.1, 0.15) is 26.7 Å². The Morgan fingerprint density at radius 2 is 1.89 bits per heavy atom. The summed E-state index contributed by atoms with van der Waals surface area (Å²) in [6.45, 7) is 10.5. The lowest BCUT2D eigenvalue weighted by Crippen LogP contribution is -2.50. The largest absolute Gasteiger partial charge is 0.379 e. The van der Waals surface area contributed by atoms with Gasteiger partial charge in [-0.2, -0.15) is 0 Å². The number of hydrogen-bond acceptors (Lipinski definition) is 3. The van der Waals surface area contributed by atoms with Crippen LogP contribution in [-0.4, -0.2) is 67.8 Å². The van der Waals surface area contributed by atoms with E-state index >= 15 is 0 Å². The second-order valence-corrected chi connectivity index (χ2v) is 5.85. The number of morpholine rings is 1. The number of nitrogens with zero attached hydrogens (tertiary/aromatic N) is 2. The van der Waals surface area contributed by atoms with Crippen LogP contribution >= 0.6 is 0 Å². The molecule has 1 unspecified atom stereocenters. The number of rotatable bonds is 3. The topological polar surface area (TPSA) is 44.8 Å². The quantitative estimate of drug-likeness (QED) is 0.836. The summed E-state index contributed by atoms with van der Waals surface area (Å²) < 4.78 is 5.34. The molecule has 2 heterocycles. The van der Waals surface area contributed by atoms with Crippen molar-refractivity contribution in [1.82, 2.24) is 15.1 Å². The van der Waals surface area contributed by atoms with Crippen LogP contribution < -0.4 is 5.32 Å². The van der Waals surface area contributed by atoms with Crippen LogP contribution in [0.15, 0.2) is 0 Å². The Morgan fingerprint density at radius 1 is 1.26 bits per heavy atom. The van der Waals surface area contributed by atoms with Gasteiger partial charge >= 0.3 is 6.03 Å². The van der Waals surface area contributed by atoms with Crippen LogP contribution in [0.4, 0.5) is 4.79 Å². The first-order chi connectivity index (χ1) is 9.16. The van der Waals surface area contributed by atoms with Crippen molar-refractivity contribution in [2.24, 2.45) is 5.92 Å². The smallest absolute Gasteiger partial charge is 0.317 e. The number of ether oxygens (including phenoxy) is 1. The summed E-state index contributed by atoms with van der Waals surface area (Å²) >= 11 is 0. The molecular formula is C14H27N3O2. The highest BCUT2D eigenvalue weighted by Gasteiger charge is 2.22. The predicted molar refractivity (Wildman–Crippen MR) is 75.2 cm³/mol. The molecule has 0 aromatic heterocycles. The lowest BCUT2D eigenvalue weighted by Gasteiger charge is -2.34. The van der Waals surface area contributed by atoms with E-state index < -0.39 is 0 Å². The first-order valence-electron chi connectivity index (χ1n) is 7.51. The van der Waals surface area contributed by atoms with Crippen molar-refractivity contribution in [3.8, 4) is 0 Å². The highest BCUT2D eigenvalue weighted by Crippen LogP contribution is 2.15. The van der Waals surface area contributed by atoms with E-state index in [4.69, 9.17) is 4.74 Å². The molecule has 2 fully saturated rings. The average molecular weight is 269 g/mol. The van der Waals surface area contributed by atoms with Gasteiger partial charge in [-0.25, -0.2) is 4.79 Å². The average Bonchev–Trinajstić information content (AvgIpc) is 2.46. The van der Waals surface area contributed by atoms with E-state index in [-0.39, 0.29) is 6.03 Å². The van der Waals surface area contributed by atoms with Gasteiger partial charge in [-0.05, 0) is 25.7 Å². The Morgan fingerprint density at radius 3 is 2.53 bits per heavy atom. The van der Waals surface area contributed by atoms with Crippen LogP contribution in [0.3, 0.4) is 0 Å². The Labute approximate surface area is 116 Å². The summed E-state index contributed by atoms with van der Waals surface area (Å²) in [4.78, 5) is 16.4. The minimum Gasteiger partial charge on any atom is -0.379 e. The van der Waals surface area contributed by atoms with Gasteiger partial charge in [-0.3, -0.25) is 4.90 Å². The number of piperidine rings is 1. The van der Waals surface area contributed by atoms with E-state index in [0.717, 1.165) is 64.7 Å². The summed E-state index contributed by atoms with van der Waals surface area (Å²) in [7, 11) is 0. The number of carbonyl (C=O) groups is 1. The lowest BCUT2D eigenvalue weighted by molar-refractivity contribution is 0.0206. The number of urea groups is 1. The van der Waals surface area contributed by atoms with E-state index in [0.29, 0.717) is 6.04 Å². The number of hydrogen-bond donors (Lipinski definition) is 1. The molecule has 2 aliphatic rings. The zero-order chi connectivity index (χ0) is 13.7. The number of likely N-dealkylation sites (tertiary alicyclic amines) is 1. The molecule has 5 nitrogen and oxygen atoms in total. The first kappa shape index (κ1) is 14.6. The van der Waals surface area contributed by atoms with Gasteiger partial charge in [-0.1, -0.05) is 6.92 Å². The Kier molecular flexibility index (Phi) is 5.45. The van der Waals surface area contributed by atoms with Crippen molar-refractivity contribution in [3.05, 3.63) is 0 Å². The number of nitrogens with one attached hydrogen (secondary N) is 1. The number of amides is 2. The molecule has 0 spiro atoms. The fraction of sp³-hybridized carbons (Fsp3) is 0.929. The highest BCUT2D eigenvalue weighted by atomic mass is 16.5. The summed E-state index contributed by atoms with van der Waals surface area (Å²) in [5, 5.41) is 3.07.